The zero-order valence-electron chi connectivity index (χ0n) is 14.4. The second-order valence-corrected chi connectivity index (χ2v) is 6.70. The highest BCUT2D eigenvalue weighted by Gasteiger charge is 2.40. The SMILES string of the molecule is COCC1(C(=O)NC(C)CN2CCCCC2)CCNCC1.Cl.Cl. The number of nitrogens with one attached hydrogen (secondary N) is 2. The van der Waals surface area contributed by atoms with Gasteiger partial charge in [-0.1, -0.05) is 6.42 Å². The van der Waals surface area contributed by atoms with Crippen molar-refractivity contribution in [2.75, 3.05) is 46.4 Å². The molecule has 1 unspecified atom stereocenters. The lowest BCUT2D eigenvalue weighted by Gasteiger charge is -2.37. The Morgan fingerprint density at radius 2 is 1.83 bits per heavy atom. The maximum absolute atomic E-state index is 12.7. The molecule has 138 valence electrons. The van der Waals surface area contributed by atoms with Gasteiger partial charge in [0.25, 0.3) is 0 Å². The maximum atomic E-state index is 12.7. The molecule has 5 nitrogen and oxygen atoms in total. The van der Waals surface area contributed by atoms with Crippen molar-refractivity contribution in [2.24, 2.45) is 5.41 Å². The first-order valence-electron chi connectivity index (χ1n) is 8.39. The Morgan fingerprint density at radius 3 is 2.39 bits per heavy atom. The van der Waals surface area contributed by atoms with Crippen molar-refractivity contribution in [1.29, 1.82) is 0 Å². The summed E-state index contributed by atoms with van der Waals surface area (Å²) in [4.78, 5) is 15.2. The van der Waals surface area contributed by atoms with E-state index in [1.165, 1.54) is 32.4 Å². The Morgan fingerprint density at radius 1 is 1.22 bits per heavy atom. The largest absolute Gasteiger partial charge is 0.384 e. The highest BCUT2D eigenvalue weighted by atomic mass is 35.5. The van der Waals surface area contributed by atoms with Crippen LogP contribution in [0.25, 0.3) is 0 Å². The zero-order valence-corrected chi connectivity index (χ0v) is 16.1. The fourth-order valence-corrected chi connectivity index (χ4v) is 3.57. The van der Waals surface area contributed by atoms with Crippen molar-refractivity contribution in [1.82, 2.24) is 15.5 Å². The summed E-state index contributed by atoms with van der Waals surface area (Å²) < 4.78 is 5.34. The first-order chi connectivity index (χ1) is 10.2. The Hall–Kier alpha value is -0.0700. The van der Waals surface area contributed by atoms with E-state index in [1.807, 2.05) is 0 Å². The van der Waals surface area contributed by atoms with Gasteiger partial charge in [-0.05, 0) is 58.8 Å². The summed E-state index contributed by atoms with van der Waals surface area (Å²) >= 11 is 0. The van der Waals surface area contributed by atoms with Crippen molar-refractivity contribution < 1.29 is 9.53 Å². The number of methoxy groups -OCH3 is 1. The monoisotopic (exact) mass is 369 g/mol. The van der Waals surface area contributed by atoms with E-state index in [1.54, 1.807) is 7.11 Å². The van der Waals surface area contributed by atoms with Crippen molar-refractivity contribution in [3.8, 4) is 0 Å². The Labute approximate surface area is 153 Å². The van der Waals surface area contributed by atoms with Gasteiger partial charge in [0.2, 0.25) is 5.91 Å². The molecule has 1 amide bonds. The molecule has 0 saturated carbocycles. The molecule has 0 spiro atoms. The van der Waals surface area contributed by atoms with Crippen LogP contribution in [0.15, 0.2) is 0 Å². The summed E-state index contributed by atoms with van der Waals surface area (Å²) in [5.74, 6) is 0.176. The van der Waals surface area contributed by atoms with Crippen LogP contribution in [-0.2, 0) is 9.53 Å². The first-order valence-corrected chi connectivity index (χ1v) is 8.39. The summed E-state index contributed by atoms with van der Waals surface area (Å²) in [6, 6.07) is 0.208. The topological polar surface area (TPSA) is 53.6 Å². The molecule has 0 radical (unpaired) electrons. The number of ether oxygens (including phenoxy) is 1. The van der Waals surface area contributed by atoms with Gasteiger partial charge in [-0.15, -0.1) is 24.8 Å². The van der Waals surface area contributed by atoms with Crippen molar-refractivity contribution in [2.45, 2.75) is 45.1 Å². The molecule has 2 heterocycles. The predicted molar refractivity (Wildman–Crippen MR) is 98.8 cm³/mol. The molecular formula is C16H33Cl2N3O2. The van der Waals surface area contributed by atoms with Crippen molar-refractivity contribution in [3.63, 3.8) is 0 Å². The van der Waals surface area contributed by atoms with Gasteiger partial charge in [0.15, 0.2) is 0 Å². The molecule has 0 aromatic rings. The van der Waals surface area contributed by atoms with Crippen LogP contribution in [0, 0.1) is 5.41 Å². The van der Waals surface area contributed by atoms with Gasteiger partial charge in [0.05, 0.1) is 12.0 Å². The number of amides is 1. The number of piperidine rings is 2. The molecule has 0 aliphatic carbocycles. The number of halogens is 2. The highest BCUT2D eigenvalue weighted by Crippen LogP contribution is 2.29. The quantitative estimate of drug-likeness (QED) is 0.749. The van der Waals surface area contributed by atoms with Gasteiger partial charge in [-0.2, -0.15) is 0 Å². The smallest absolute Gasteiger partial charge is 0.228 e. The summed E-state index contributed by atoms with van der Waals surface area (Å²) in [7, 11) is 1.69. The molecular weight excluding hydrogens is 337 g/mol. The second-order valence-electron chi connectivity index (χ2n) is 6.70. The average molecular weight is 370 g/mol. The lowest BCUT2D eigenvalue weighted by molar-refractivity contribution is -0.137. The van der Waals surface area contributed by atoms with Crippen LogP contribution in [0.1, 0.15) is 39.0 Å². The average Bonchev–Trinajstić information content (AvgIpc) is 2.49. The zero-order chi connectivity index (χ0) is 15.1. The molecule has 2 N–H and O–H groups in total. The highest BCUT2D eigenvalue weighted by molar-refractivity contribution is 5.85. The minimum atomic E-state index is -0.337. The third kappa shape index (κ3) is 6.75. The van der Waals surface area contributed by atoms with Crippen molar-refractivity contribution in [3.05, 3.63) is 0 Å². The fraction of sp³-hybridized carbons (Fsp3) is 0.938. The molecule has 2 saturated heterocycles. The number of rotatable bonds is 6. The molecule has 0 aromatic carbocycles. The minimum Gasteiger partial charge on any atom is -0.384 e. The number of likely N-dealkylation sites (tertiary alicyclic amines) is 1. The molecule has 7 heteroatoms. The van der Waals surface area contributed by atoms with Crippen LogP contribution >= 0.6 is 24.8 Å². The molecule has 2 aliphatic rings. The van der Waals surface area contributed by atoms with Crippen LogP contribution in [0.4, 0.5) is 0 Å². The van der Waals surface area contributed by atoms with Gasteiger partial charge in [-0.3, -0.25) is 4.79 Å². The normalized spacial score (nSPS) is 22.3. The molecule has 23 heavy (non-hydrogen) atoms. The van der Waals surface area contributed by atoms with E-state index in [9.17, 15) is 4.79 Å². The van der Waals surface area contributed by atoms with E-state index in [0.29, 0.717) is 6.61 Å². The van der Waals surface area contributed by atoms with E-state index in [0.717, 1.165) is 32.5 Å². The molecule has 1 atom stereocenters. The lowest BCUT2D eigenvalue weighted by Crippen LogP contribution is -2.53. The Balaban J connectivity index is 0.00000242. The number of nitrogens with zero attached hydrogens (tertiary/aromatic N) is 1. The summed E-state index contributed by atoms with van der Waals surface area (Å²) in [6.45, 7) is 7.76. The molecule has 0 aromatic heterocycles. The first kappa shape index (κ1) is 22.9. The lowest BCUT2D eigenvalue weighted by atomic mass is 9.78. The van der Waals surface area contributed by atoms with Crippen LogP contribution in [0.2, 0.25) is 0 Å². The summed E-state index contributed by atoms with van der Waals surface area (Å²) in [5.41, 5.74) is -0.337. The Bertz CT molecular complexity index is 328. The van der Waals surface area contributed by atoms with Crippen molar-refractivity contribution >= 4 is 30.7 Å². The predicted octanol–water partition coefficient (Wildman–Crippen LogP) is 1.84. The van der Waals surface area contributed by atoms with Crippen LogP contribution in [-0.4, -0.2) is 63.3 Å². The maximum Gasteiger partial charge on any atom is 0.228 e. The van der Waals surface area contributed by atoms with Gasteiger partial charge < -0.3 is 20.3 Å². The van der Waals surface area contributed by atoms with Gasteiger partial charge in [0, 0.05) is 19.7 Å². The number of carbonyl (C=O) groups is 1. The number of carbonyl (C=O) groups excluding carboxylic acids is 1. The fourth-order valence-electron chi connectivity index (χ4n) is 3.57. The van der Waals surface area contributed by atoms with E-state index in [2.05, 4.69) is 22.5 Å². The standard InChI is InChI=1S/C16H31N3O2.2ClH/c1-14(12-19-10-4-3-5-11-19)18-15(20)16(13-21-2)6-8-17-9-7-16;;/h14,17H,3-13H2,1-2H3,(H,18,20);2*1H. The molecule has 2 fully saturated rings. The van der Waals surface area contributed by atoms with E-state index < -0.39 is 0 Å². The number of hydrogen-bond donors (Lipinski definition) is 2. The Kier molecular flexibility index (Phi) is 11.4. The van der Waals surface area contributed by atoms with E-state index in [-0.39, 0.29) is 42.2 Å². The molecule has 2 rings (SSSR count). The van der Waals surface area contributed by atoms with Crippen LogP contribution < -0.4 is 10.6 Å². The summed E-state index contributed by atoms with van der Waals surface area (Å²) in [6.07, 6.45) is 5.66. The third-order valence-electron chi connectivity index (χ3n) is 4.82. The number of hydrogen-bond acceptors (Lipinski definition) is 4. The molecule has 2 aliphatic heterocycles. The van der Waals surface area contributed by atoms with E-state index >= 15 is 0 Å². The van der Waals surface area contributed by atoms with Gasteiger partial charge in [-0.25, -0.2) is 0 Å². The molecule has 0 bridgehead atoms. The second kappa shape index (κ2) is 11.5. The third-order valence-corrected chi connectivity index (χ3v) is 4.82. The van der Waals surface area contributed by atoms with Crippen LogP contribution in [0.5, 0.6) is 0 Å². The van der Waals surface area contributed by atoms with Gasteiger partial charge >= 0.3 is 0 Å². The van der Waals surface area contributed by atoms with Gasteiger partial charge in [0.1, 0.15) is 0 Å². The minimum absolute atomic E-state index is 0. The van der Waals surface area contributed by atoms with Crippen LogP contribution in [0.3, 0.4) is 0 Å². The van der Waals surface area contributed by atoms with E-state index in [4.69, 9.17) is 4.74 Å². The summed E-state index contributed by atoms with van der Waals surface area (Å²) in [5, 5.41) is 6.56.